The van der Waals surface area contributed by atoms with E-state index >= 15 is 0 Å². The van der Waals surface area contributed by atoms with Crippen LogP contribution in [0.3, 0.4) is 0 Å². The van der Waals surface area contributed by atoms with Crippen molar-refractivity contribution >= 4 is 52.6 Å². The molecule has 1 N–H and O–H groups in total. The molecule has 0 radical (unpaired) electrons. The topological polar surface area (TPSA) is 92.8 Å². The Bertz CT molecular complexity index is 1350. The van der Waals surface area contributed by atoms with Gasteiger partial charge in [0.15, 0.2) is 0 Å². The summed E-state index contributed by atoms with van der Waals surface area (Å²) in [4.78, 5) is 53.1. The molecular formula is C27H22Cl2N2O5. The summed E-state index contributed by atoms with van der Waals surface area (Å²) in [5.41, 5.74) is 2.80. The highest BCUT2D eigenvalue weighted by Gasteiger charge is 2.42. The molecule has 7 nitrogen and oxygen atoms in total. The number of benzene rings is 3. The van der Waals surface area contributed by atoms with E-state index in [1.807, 2.05) is 32.0 Å². The number of anilines is 1. The molecule has 1 aliphatic rings. The van der Waals surface area contributed by atoms with Crippen molar-refractivity contribution in [1.29, 1.82) is 0 Å². The Kier molecular flexibility index (Phi) is 7.15. The largest absolute Gasteiger partial charge is 0.446 e. The lowest BCUT2D eigenvalue weighted by Crippen LogP contribution is -2.44. The van der Waals surface area contributed by atoms with Crippen molar-refractivity contribution in [2.45, 2.75) is 32.9 Å². The van der Waals surface area contributed by atoms with Crippen LogP contribution >= 0.6 is 23.2 Å². The van der Waals surface area contributed by atoms with Crippen LogP contribution in [-0.4, -0.2) is 34.6 Å². The minimum Gasteiger partial charge on any atom is -0.446 e. The SMILES string of the molecule is Cc1cccc(C)c1NC(=O)[C@H](OC(=O)[C@@H](C)N1C(=O)c2ccccc2C1=O)c1ccc(Cl)cc1Cl. The van der Waals surface area contributed by atoms with E-state index in [0.29, 0.717) is 10.7 Å². The lowest BCUT2D eigenvalue weighted by Gasteiger charge is -2.25. The zero-order valence-electron chi connectivity index (χ0n) is 19.7. The highest BCUT2D eigenvalue weighted by atomic mass is 35.5. The molecule has 2 atom stereocenters. The van der Waals surface area contributed by atoms with Gasteiger partial charge in [0.05, 0.1) is 11.1 Å². The third-order valence-corrected chi connectivity index (χ3v) is 6.56. The quantitative estimate of drug-likeness (QED) is 0.338. The molecule has 1 heterocycles. The van der Waals surface area contributed by atoms with Gasteiger partial charge in [0.2, 0.25) is 6.10 Å². The van der Waals surface area contributed by atoms with Crippen LogP contribution in [0.25, 0.3) is 0 Å². The maximum absolute atomic E-state index is 13.4. The summed E-state index contributed by atoms with van der Waals surface area (Å²) < 4.78 is 5.62. The number of ether oxygens (including phenoxy) is 1. The first kappa shape index (κ1) is 25.4. The van der Waals surface area contributed by atoms with Gasteiger partial charge < -0.3 is 10.1 Å². The monoisotopic (exact) mass is 524 g/mol. The number of rotatable bonds is 6. The van der Waals surface area contributed by atoms with Crippen LogP contribution in [0.2, 0.25) is 10.0 Å². The summed E-state index contributed by atoms with van der Waals surface area (Å²) in [7, 11) is 0. The van der Waals surface area contributed by atoms with Crippen molar-refractivity contribution in [3.8, 4) is 0 Å². The zero-order chi connectivity index (χ0) is 26.1. The second kappa shape index (κ2) is 10.1. The number of halogens is 2. The van der Waals surface area contributed by atoms with Gasteiger partial charge in [0.1, 0.15) is 6.04 Å². The Morgan fingerprint density at radius 2 is 1.47 bits per heavy atom. The number of esters is 1. The number of hydrogen-bond acceptors (Lipinski definition) is 5. The van der Waals surface area contributed by atoms with E-state index < -0.39 is 35.8 Å². The Morgan fingerprint density at radius 3 is 2.03 bits per heavy atom. The number of para-hydroxylation sites is 1. The molecule has 1 aliphatic heterocycles. The summed E-state index contributed by atoms with van der Waals surface area (Å²) in [5.74, 6) is -2.82. The van der Waals surface area contributed by atoms with Crippen LogP contribution in [0, 0.1) is 13.8 Å². The van der Waals surface area contributed by atoms with E-state index in [0.717, 1.165) is 16.0 Å². The van der Waals surface area contributed by atoms with Gasteiger partial charge in [-0.2, -0.15) is 0 Å². The van der Waals surface area contributed by atoms with E-state index in [1.165, 1.54) is 37.3 Å². The van der Waals surface area contributed by atoms with E-state index in [1.54, 1.807) is 12.1 Å². The minimum atomic E-state index is -1.47. The smallest absolute Gasteiger partial charge is 0.330 e. The standard InChI is InChI=1S/C27H22Cl2N2O5/c1-14-7-6-8-15(2)22(14)30-24(32)23(20-12-11-17(28)13-21(20)29)36-27(35)16(3)31-25(33)18-9-4-5-10-19(18)26(31)34/h4-13,16,23H,1-3H3,(H,30,32)/t16-,23-/m1/s1. The van der Waals surface area contributed by atoms with Crippen molar-refractivity contribution in [2.75, 3.05) is 5.32 Å². The maximum Gasteiger partial charge on any atom is 0.330 e. The first-order valence-electron chi connectivity index (χ1n) is 11.1. The van der Waals surface area contributed by atoms with Crippen LogP contribution < -0.4 is 5.32 Å². The van der Waals surface area contributed by atoms with E-state index in [2.05, 4.69) is 5.32 Å². The fourth-order valence-corrected chi connectivity index (χ4v) is 4.56. The van der Waals surface area contributed by atoms with Crippen LogP contribution in [0.5, 0.6) is 0 Å². The molecule has 0 unspecified atom stereocenters. The molecule has 9 heteroatoms. The normalized spacial score (nSPS) is 14.3. The number of carbonyl (C=O) groups excluding carboxylic acids is 4. The first-order chi connectivity index (χ1) is 17.1. The molecule has 4 rings (SSSR count). The second-order valence-corrected chi connectivity index (χ2v) is 9.28. The molecule has 3 amide bonds. The molecule has 3 aromatic rings. The summed E-state index contributed by atoms with van der Waals surface area (Å²) in [6.45, 7) is 5.04. The van der Waals surface area contributed by atoms with Gasteiger partial charge >= 0.3 is 5.97 Å². The third-order valence-electron chi connectivity index (χ3n) is 6.00. The highest BCUT2D eigenvalue weighted by Crippen LogP contribution is 2.32. The predicted molar refractivity (Wildman–Crippen MR) is 136 cm³/mol. The summed E-state index contributed by atoms with van der Waals surface area (Å²) in [6.07, 6.45) is -1.47. The van der Waals surface area contributed by atoms with Crippen LogP contribution in [0.1, 0.15) is 50.4 Å². The average Bonchev–Trinajstić information content (AvgIpc) is 3.09. The third kappa shape index (κ3) is 4.72. The van der Waals surface area contributed by atoms with Crippen LogP contribution in [0.4, 0.5) is 5.69 Å². The predicted octanol–water partition coefficient (Wildman–Crippen LogP) is 5.52. The molecule has 0 saturated heterocycles. The van der Waals surface area contributed by atoms with Crippen LogP contribution in [0.15, 0.2) is 60.7 Å². The first-order valence-corrected chi connectivity index (χ1v) is 11.8. The van der Waals surface area contributed by atoms with Crippen molar-refractivity contribution < 1.29 is 23.9 Å². The number of nitrogens with zero attached hydrogens (tertiary/aromatic N) is 1. The molecule has 36 heavy (non-hydrogen) atoms. The van der Waals surface area contributed by atoms with Crippen molar-refractivity contribution in [3.63, 3.8) is 0 Å². The average molecular weight is 525 g/mol. The molecule has 0 spiro atoms. The molecule has 0 saturated carbocycles. The van der Waals surface area contributed by atoms with Gasteiger partial charge in [-0.3, -0.25) is 19.3 Å². The van der Waals surface area contributed by atoms with E-state index in [4.69, 9.17) is 27.9 Å². The van der Waals surface area contributed by atoms with Gasteiger partial charge in [0, 0.05) is 21.3 Å². The molecule has 0 bridgehead atoms. The molecule has 0 fully saturated rings. The Balaban J connectivity index is 1.64. The van der Waals surface area contributed by atoms with Gasteiger partial charge in [0.25, 0.3) is 17.7 Å². The fourth-order valence-electron chi connectivity index (χ4n) is 4.05. The fraction of sp³-hybridized carbons (Fsp3) is 0.185. The molecule has 184 valence electrons. The lowest BCUT2D eigenvalue weighted by atomic mass is 10.1. The van der Waals surface area contributed by atoms with Gasteiger partial charge in [-0.25, -0.2) is 4.79 Å². The maximum atomic E-state index is 13.4. The summed E-state index contributed by atoms with van der Waals surface area (Å²) >= 11 is 12.4. The zero-order valence-corrected chi connectivity index (χ0v) is 21.2. The summed E-state index contributed by atoms with van der Waals surface area (Å²) in [6, 6.07) is 15.0. The minimum absolute atomic E-state index is 0.116. The number of fused-ring (bicyclic) bond motifs is 1. The number of carbonyl (C=O) groups is 4. The molecule has 3 aromatic carbocycles. The number of amides is 3. The van der Waals surface area contributed by atoms with Crippen LogP contribution in [-0.2, 0) is 14.3 Å². The second-order valence-electron chi connectivity index (χ2n) is 8.44. The summed E-state index contributed by atoms with van der Waals surface area (Å²) in [5, 5.41) is 3.26. The highest BCUT2D eigenvalue weighted by molar-refractivity contribution is 6.35. The lowest BCUT2D eigenvalue weighted by molar-refractivity contribution is -0.158. The Hall–Kier alpha value is -3.68. The van der Waals surface area contributed by atoms with Gasteiger partial charge in [-0.15, -0.1) is 0 Å². The van der Waals surface area contributed by atoms with Crippen molar-refractivity contribution in [2.24, 2.45) is 0 Å². The molecule has 0 aliphatic carbocycles. The van der Waals surface area contributed by atoms with E-state index in [-0.39, 0.29) is 21.7 Å². The van der Waals surface area contributed by atoms with Crippen molar-refractivity contribution in [1.82, 2.24) is 4.90 Å². The molecular weight excluding hydrogens is 503 g/mol. The van der Waals surface area contributed by atoms with Gasteiger partial charge in [-0.05, 0) is 56.2 Å². The number of hydrogen-bond donors (Lipinski definition) is 1. The van der Waals surface area contributed by atoms with E-state index in [9.17, 15) is 19.2 Å². The Morgan fingerprint density at radius 1 is 0.889 bits per heavy atom. The number of aryl methyl sites for hydroxylation is 2. The van der Waals surface area contributed by atoms with Gasteiger partial charge in [-0.1, -0.05) is 59.6 Å². The number of nitrogens with one attached hydrogen (secondary N) is 1. The number of imide groups is 1. The van der Waals surface area contributed by atoms with Crippen molar-refractivity contribution in [3.05, 3.63) is 98.5 Å². The Labute approximate surface area is 218 Å². The molecule has 0 aromatic heterocycles.